The smallest absolute Gasteiger partial charge is 0.308 e. The first kappa shape index (κ1) is 16.0. The predicted molar refractivity (Wildman–Crippen MR) is 85.2 cm³/mol. The molecule has 0 aliphatic carbocycles. The molecule has 1 aromatic carbocycles. The molecule has 5 nitrogen and oxygen atoms in total. The molecule has 0 saturated carbocycles. The molecule has 23 heavy (non-hydrogen) atoms. The molecule has 1 N–H and O–H groups in total. The standard InChI is InChI=1S/C18H23NO4/c1-12-4-2-3-5-14(12)15-10-19(11-16(15)18(21)22)17(20)13-6-8-23-9-7-13/h2-5,13,15-16H,6-11H2,1H3,(H,21,22)/t15-,16+/m0/s1. The lowest BCUT2D eigenvalue weighted by Gasteiger charge is -2.26. The van der Waals surface area contributed by atoms with Crippen LogP contribution >= 0.6 is 0 Å². The first-order valence-electron chi connectivity index (χ1n) is 8.22. The zero-order valence-corrected chi connectivity index (χ0v) is 13.4. The van der Waals surface area contributed by atoms with Gasteiger partial charge in [0, 0.05) is 38.1 Å². The summed E-state index contributed by atoms with van der Waals surface area (Å²) in [4.78, 5) is 26.1. The number of amides is 1. The summed E-state index contributed by atoms with van der Waals surface area (Å²) in [6.07, 6.45) is 1.48. The number of hydrogen-bond acceptors (Lipinski definition) is 3. The van der Waals surface area contributed by atoms with Gasteiger partial charge < -0.3 is 14.7 Å². The van der Waals surface area contributed by atoms with Crippen LogP contribution in [-0.4, -0.2) is 48.2 Å². The molecule has 0 spiro atoms. The maximum Gasteiger partial charge on any atom is 0.308 e. The van der Waals surface area contributed by atoms with E-state index in [0.29, 0.717) is 26.3 Å². The summed E-state index contributed by atoms with van der Waals surface area (Å²) in [5.74, 6) is -1.40. The molecule has 3 rings (SSSR count). The number of rotatable bonds is 3. The minimum absolute atomic E-state index is 0.0196. The molecule has 0 radical (unpaired) electrons. The number of aryl methyl sites for hydroxylation is 1. The third-order valence-electron chi connectivity index (χ3n) is 5.11. The maximum absolute atomic E-state index is 12.7. The summed E-state index contributed by atoms with van der Waals surface area (Å²) in [6.45, 7) is 4.04. The van der Waals surface area contributed by atoms with E-state index in [0.717, 1.165) is 24.0 Å². The SMILES string of the molecule is Cc1ccccc1[C@@H]1CN(C(=O)C2CCOCC2)C[C@H]1C(=O)O. The highest BCUT2D eigenvalue weighted by Gasteiger charge is 2.42. The van der Waals surface area contributed by atoms with Crippen molar-refractivity contribution in [1.82, 2.24) is 4.90 Å². The molecule has 1 amide bonds. The van der Waals surface area contributed by atoms with Crippen molar-refractivity contribution in [2.45, 2.75) is 25.7 Å². The number of carboxylic acid groups (broad SMARTS) is 1. The van der Waals surface area contributed by atoms with Crippen molar-refractivity contribution >= 4 is 11.9 Å². The number of ether oxygens (including phenoxy) is 1. The number of hydrogen-bond donors (Lipinski definition) is 1. The van der Waals surface area contributed by atoms with E-state index in [1.807, 2.05) is 31.2 Å². The van der Waals surface area contributed by atoms with E-state index in [1.54, 1.807) is 4.90 Å². The van der Waals surface area contributed by atoms with E-state index in [1.165, 1.54) is 0 Å². The van der Waals surface area contributed by atoms with E-state index in [9.17, 15) is 14.7 Å². The Kier molecular flexibility index (Phi) is 4.66. The van der Waals surface area contributed by atoms with Crippen molar-refractivity contribution in [3.05, 3.63) is 35.4 Å². The van der Waals surface area contributed by atoms with Gasteiger partial charge in [0.25, 0.3) is 0 Å². The van der Waals surface area contributed by atoms with E-state index < -0.39 is 11.9 Å². The first-order valence-corrected chi connectivity index (χ1v) is 8.22. The molecule has 2 heterocycles. The van der Waals surface area contributed by atoms with Gasteiger partial charge in [-0.1, -0.05) is 24.3 Å². The van der Waals surface area contributed by atoms with E-state index >= 15 is 0 Å². The zero-order valence-electron chi connectivity index (χ0n) is 13.4. The molecular formula is C18H23NO4. The fourth-order valence-corrected chi connectivity index (χ4v) is 3.75. The summed E-state index contributed by atoms with van der Waals surface area (Å²) < 4.78 is 5.31. The molecule has 0 unspecified atom stereocenters. The molecule has 0 aromatic heterocycles. The Bertz CT molecular complexity index is 594. The molecule has 5 heteroatoms. The first-order chi connectivity index (χ1) is 11.1. The second-order valence-electron chi connectivity index (χ2n) is 6.54. The third-order valence-corrected chi connectivity index (χ3v) is 5.11. The Morgan fingerprint density at radius 3 is 2.52 bits per heavy atom. The number of aliphatic carboxylic acids is 1. The van der Waals surface area contributed by atoms with Crippen LogP contribution in [0.5, 0.6) is 0 Å². The van der Waals surface area contributed by atoms with E-state index in [-0.39, 0.29) is 17.7 Å². The molecule has 2 saturated heterocycles. The van der Waals surface area contributed by atoms with Crippen LogP contribution < -0.4 is 0 Å². The van der Waals surface area contributed by atoms with Gasteiger partial charge in [-0.15, -0.1) is 0 Å². The van der Waals surface area contributed by atoms with Crippen LogP contribution in [0, 0.1) is 18.8 Å². The Morgan fingerprint density at radius 2 is 1.87 bits per heavy atom. The summed E-state index contributed by atoms with van der Waals surface area (Å²) in [6, 6.07) is 7.87. The van der Waals surface area contributed by atoms with Crippen LogP contribution in [0.15, 0.2) is 24.3 Å². The van der Waals surface area contributed by atoms with Crippen LogP contribution in [-0.2, 0) is 14.3 Å². The van der Waals surface area contributed by atoms with Gasteiger partial charge in [-0.05, 0) is 30.9 Å². The average Bonchev–Trinajstić information content (AvgIpc) is 3.01. The van der Waals surface area contributed by atoms with Crippen molar-refractivity contribution in [1.29, 1.82) is 0 Å². The van der Waals surface area contributed by atoms with Crippen LogP contribution in [0.2, 0.25) is 0 Å². The lowest BCUT2D eigenvalue weighted by atomic mass is 9.86. The Morgan fingerprint density at radius 1 is 1.17 bits per heavy atom. The van der Waals surface area contributed by atoms with E-state index in [4.69, 9.17) is 4.74 Å². The van der Waals surface area contributed by atoms with E-state index in [2.05, 4.69) is 0 Å². The number of benzene rings is 1. The molecule has 124 valence electrons. The van der Waals surface area contributed by atoms with Crippen LogP contribution in [0.4, 0.5) is 0 Å². The van der Waals surface area contributed by atoms with Gasteiger partial charge in [0.15, 0.2) is 0 Å². The topological polar surface area (TPSA) is 66.8 Å². The Hall–Kier alpha value is -1.88. The molecule has 2 fully saturated rings. The molecular weight excluding hydrogens is 294 g/mol. The molecule has 1 aromatic rings. The Labute approximate surface area is 136 Å². The minimum atomic E-state index is -0.819. The van der Waals surface area contributed by atoms with Gasteiger partial charge in [0.05, 0.1) is 5.92 Å². The monoisotopic (exact) mass is 317 g/mol. The number of likely N-dealkylation sites (tertiary alicyclic amines) is 1. The largest absolute Gasteiger partial charge is 0.481 e. The van der Waals surface area contributed by atoms with Gasteiger partial charge in [-0.2, -0.15) is 0 Å². The minimum Gasteiger partial charge on any atom is -0.481 e. The zero-order chi connectivity index (χ0) is 16.4. The quantitative estimate of drug-likeness (QED) is 0.926. The van der Waals surface area contributed by atoms with Gasteiger partial charge in [-0.3, -0.25) is 9.59 Å². The van der Waals surface area contributed by atoms with Crippen LogP contribution in [0.3, 0.4) is 0 Å². The summed E-state index contributed by atoms with van der Waals surface area (Å²) in [7, 11) is 0. The summed E-state index contributed by atoms with van der Waals surface area (Å²) >= 11 is 0. The second kappa shape index (κ2) is 6.71. The molecule has 2 atom stereocenters. The molecule has 0 bridgehead atoms. The van der Waals surface area contributed by atoms with Crippen LogP contribution in [0.1, 0.15) is 29.9 Å². The lowest BCUT2D eigenvalue weighted by Crippen LogP contribution is -2.37. The fraction of sp³-hybridized carbons (Fsp3) is 0.556. The molecule has 2 aliphatic rings. The highest BCUT2D eigenvalue weighted by atomic mass is 16.5. The number of carboxylic acids is 1. The maximum atomic E-state index is 12.7. The normalized spacial score (nSPS) is 25.5. The van der Waals surface area contributed by atoms with Crippen molar-refractivity contribution in [2.24, 2.45) is 11.8 Å². The van der Waals surface area contributed by atoms with Gasteiger partial charge in [0.1, 0.15) is 0 Å². The second-order valence-corrected chi connectivity index (χ2v) is 6.54. The van der Waals surface area contributed by atoms with Gasteiger partial charge >= 0.3 is 5.97 Å². The van der Waals surface area contributed by atoms with Crippen molar-refractivity contribution in [3.8, 4) is 0 Å². The average molecular weight is 317 g/mol. The highest BCUT2D eigenvalue weighted by molar-refractivity contribution is 5.81. The van der Waals surface area contributed by atoms with Gasteiger partial charge in [-0.25, -0.2) is 0 Å². The molecule has 2 aliphatic heterocycles. The fourth-order valence-electron chi connectivity index (χ4n) is 3.75. The summed E-state index contributed by atoms with van der Waals surface area (Å²) in [5.41, 5.74) is 2.13. The van der Waals surface area contributed by atoms with Crippen molar-refractivity contribution in [2.75, 3.05) is 26.3 Å². The van der Waals surface area contributed by atoms with Crippen molar-refractivity contribution in [3.63, 3.8) is 0 Å². The van der Waals surface area contributed by atoms with Crippen LogP contribution in [0.25, 0.3) is 0 Å². The third kappa shape index (κ3) is 3.24. The Balaban J connectivity index is 1.79. The highest BCUT2D eigenvalue weighted by Crippen LogP contribution is 2.35. The van der Waals surface area contributed by atoms with Gasteiger partial charge in [0.2, 0.25) is 5.91 Å². The van der Waals surface area contributed by atoms with Crippen molar-refractivity contribution < 1.29 is 19.4 Å². The summed E-state index contributed by atoms with van der Waals surface area (Å²) in [5, 5.41) is 9.59. The lowest BCUT2D eigenvalue weighted by molar-refractivity contribution is -0.142. The number of carbonyl (C=O) groups excluding carboxylic acids is 1. The number of nitrogens with zero attached hydrogens (tertiary/aromatic N) is 1. The number of carbonyl (C=O) groups is 2. The predicted octanol–water partition coefficient (Wildman–Crippen LogP) is 2.05.